The molecule has 27 heavy (non-hydrogen) atoms. The van der Waals surface area contributed by atoms with Gasteiger partial charge in [0.05, 0.1) is 22.3 Å². The van der Waals surface area contributed by atoms with Crippen LogP contribution in [0.25, 0.3) is 0 Å². The standard InChI is InChI=1S/C20H19Cl2FN2O2/c1-2-20(26)25(11-14-5-3-4-6-18(14)23)12-15-10-19(24-27-15)13-7-8-16(21)17(22)9-13/h3-9,15H,2,10-12H2,1H3/t15-/m1/s1. The summed E-state index contributed by atoms with van der Waals surface area (Å²) in [4.78, 5) is 19.4. The second-order valence-electron chi connectivity index (χ2n) is 6.32. The Morgan fingerprint density at radius 1 is 1.26 bits per heavy atom. The minimum atomic E-state index is -0.327. The van der Waals surface area contributed by atoms with Crippen molar-refractivity contribution >= 4 is 34.8 Å². The van der Waals surface area contributed by atoms with Gasteiger partial charge in [-0.05, 0) is 18.2 Å². The van der Waals surface area contributed by atoms with Gasteiger partial charge in [-0.1, -0.05) is 59.5 Å². The molecule has 0 aliphatic carbocycles. The summed E-state index contributed by atoms with van der Waals surface area (Å²) in [7, 11) is 0. The van der Waals surface area contributed by atoms with Crippen molar-refractivity contribution in [2.45, 2.75) is 32.4 Å². The lowest BCUT2D eigenvalue weighted by molar-refractivity contribution is -0.133. The van der Waals surface area contributed by atoms with E-state index in [1.54, 1.807) is 42.2 Å². The van der Waals surface area contributed by atoms with E-state index in [0.717, 1.165) is 11.3 Å². The number of carbonyl (C=O) groups excluding carboxylic acids is 1. The van der Waals surface area contributed by atoms with Crippen LogP contribution in [0.15, 0.2) is 47.6 Å². The smallest absolute Gasteiger partial charge is 0.222 e. The fourth-order valence-electron chi connectivity index (χ4n) is 2.93. The summed E-state index contributed by atoms with van der Waals surface area (Å²) in [6, 6.07) is 11.7. The molecule has 0 aromatic heterocycles. The minimum Gasteiger partial charge on any atom is -0.390 e. The van der Waals surface area contributed by atoms with E-state index in [1.807, 2.05) is 6.07 Å². The molecule has 142 valence electrons. The van der Waals surface area contributed by atoms with Gasteiger partial charge in [0, 0.05) is 30.5 Å². The molecule has 0 N–H and O–H groups in total. The van der Waals surface area contributed by atoms with E-state index in [4.69, 9.17) is 28.0 Å². The molecule has 0 saturated heterocycles. The summed E-state index contributed by atoms with van der Waals surface area (Å²) in [6.45, 7) is 2.31. The first-order chi connectivity index (χ1) is 13.0. The molecule has 7 heteroatoms. The molecule has 2 aromatic carbocycles. The van der Waals surface area contributed by atoms with Crippen LogP contribution in [0.4, 0.5) is 4.39 Å². The Kier molecular flexibility index (Phi) is 6.34. The average molecular weight is 409 g/mol. The van der Waals surface area contributed by atoms with Crippen LogP contribution in [-0.2, 0) is 16.2 Å². The number of halogens is 3. The van der Waals surface area contributed by atoms with E-state index in [9.17, 15) is 9.18 Å². The molecule has 1 amide bonds. The van der Waals surface area contributed by atoms with Crippen molar-refractivity contribution < 1.29 is 14.0 Å². The Hall–Kier alpha value is -2.11. The van der Waals surface area contributed by atoms with Gasteiger partial charge < -0.3 is 9.74 Å². The van der Waals surface area contributed by atoms with Crippen molar-refractivity contribution in [1.82, 2.24) is 4.90 Å². The van der Waals surface area contributed by atoms with Crippen LogP contribution in [0, 0.1) is 5.82 Å². The monoisotopic (exact) mass is 408 g/mol. The number of rotatable bonds is 6. The number of amides is 1. The van der Waals surface area contributed by atoms with Crippen LogP contribution in [0.2, 0.25) is 10.0 Å². The summed E-state index contributed by atoms with van der Waals surface area (Å²) in [5, 5.41) is 5.04. The third-order valence-corrected chi connectivity index (χ3v) is 5.12. The molecule has 4 nitrogen and oxygen atoms in total. The van der Waals surface area contributed by atoms with E-state index < -0.39 is 0 Å². The summed E-state index contributed by atoms with van der Waals surface area (Å²) < 4.78 is 14.0. The van der Waals surface area contributed by atoms with E-state index >= 15 is 0 Å². The molecule has 0 unspecified atom stereocenters. The Labute approximate surface area is 167 Å². The van der Waals surface area contributed by atoms with Gasteiger partial charge in [-0.3, -0.25) is 4.79 Å². The maximum Gasteiger partial charge on any atom is 0.222 e. The number of hydrogen-bond donors (Lipinski definition) is 0. The number of benzene rings is 2. The molecule has 2 aromatic rings. The topological polar surface area (TPSA) is 41.9 Å². The lowest BCUT2D eigenvalue weighted by Gasteiger charge is -2.24. The van der Waals surface area contributed by atoms with Gasteiger partial charge in [-0.2, -0.15) is 0 Å². The molecule has 0 bridgehead atoms. The maximum absolute atomic E-state index is 14.0. The molecule has 0 fully saturated rings. The normalized spacial score (nSPS) is 16.0. The maximum atomic E-state index is 14.0. The Morgan fingerprint density at radius 2 is 2.04 bits per heavy atom. The second kappa shape index (κ2) is 8.72. The molecule has 1 aliphatic heterocycles. The highest BCUT2D eigenvalue weighted by Crippen LogP contribution is 2.26. The summed E-state index contributed by atoms with van der Waals surface area (Å²) in [5.41, 5.74) is 2.05. The second-order valence-corrected chi connectivity index (χ2v) is 7.13. The van der Waals surface area contributed by atoms with Crippen LogP contribution in [0.1, 0.15) is 30.9 Å². The van der Waals surface area contributed by atoms with E-state index in [2.05, 4.69) is 5.16 Å². The van der Waals surface area contributed by atoms with E-state index in [1.165, 1.54) is 6.07 Å². The van der Waals surface area contributed by atoms with Crippen molar-refractivity contribution in [1.29, 1.82) is 0 Å². The molecule has 1 heterocycles. The van der Waals surface area contributed by atoms with Crippen LogP contribution < -0.4 is 0 Å². The van der Waals surface area contributed by atoms with Crippen LogP contribution in [0.5, 0.6) is 0 Å². The Bertz CT molecular complexity index is 873. The first-order valence-electron chi connectivity index (χ1n) is 8.67. The first-order valence-corrected chi connectivity index (χ1v) is 9.42. The largest absolute Gasteiger partial charge is 0.390 e. The SMILES string of the molecule is CCC(=O)N(Cc1ccccc1F)C[C@H]1CC(c2ccc(Cl)c(Cl)c2)=NO1. The molecular weight excluding hydrogens is 390 g/mol. The van der Waals surface area contributed by atoms with Crippen molar-refractivity contribution in [2.24, 2.45) is 5.16 Å². The first kappa shape index (κ1) is 19.6. The van der Waals surface area contributed by atoms with Crippen LogP contribution in [-0.4, -0.2) is 29.2 Å². The lowest BCUT2D eigenvalue weighted by Crippen LogP contribution is -2.37. The third-order valence-electron chi connectivity index (χ3n) is 4.38. The summed E-state index contributed by atoms with van der Waals surface area (Å²) in [6.07, 6.45) is 0.571. The highest BCUT2D eigenvalue weighted by atomic mass is 35.5. The number of nitrogens with zero attached hydrogens (tertiary/aromatic N) is 2. The molecule has 1 aliphatic rings. The van der Waals surface area contributed by atoms with Crippen molar-refractivity contribution in [3.05, 3.63) is 69.5 Å². The molecule has 1 atom stereocenters. The minimum absolute atomic E-state index is 0.0650. The number of oxime groups is 1. The van der Waals surface area contributed by atoms with Gasteiger partial charge in [-0.25, -0.2) is 4.39 Å². The zero-order chi connectivity index (χ0) is 19.4. The summed E-state index contributed by atoms with van der Waals surface area (Å²) >= 11 is 12.0. The van der Waals surface area contributed by atoms with Crippen molar-refractivity contribution in [2.75, 3.05) is 6.54 Å². The fourth-order valence-corrected chi connectivity index (χ4v) is 3.23. The van der Waals surface area contributed by atoms with E-state index in [-0.39, 0.29) is 24.4 Å². The molecule has 0 radical (unpaired) electrons. The Balaban J connectivity index is 1.68. The van der Waals surface area contributed by atoms with Gasteiger partial charge in [0.2, 0.25) is 5.91 Å². The fraction of sp³-hybridized carbons (Fsp3) is 0.300. The quantitative estimate of drug-likeness (QED) is 0.669. The summed E-state index contributed by atoms with van der Waals surface area (Å²) in [5.74, 6) is -0.392. The predicted octanol–water partition coefficient (Wildman–Crippen LogP) is 5.06. The zero-order valence-corrected chi connectivity index (χ0v) is 16.3. The highest BCUT2D eigenvalue weighted by Gasteiger charge is 2.27. The molecule has 3 rings (SSSR count). The van der Waals surface area contributed by atoms with Gasteiger partial charge in [0.25, 0.3) is 0 Å². The van der Waals surface area contributed by atoms with Gasteiger partial charge >= 0.3 is 0 Å². The lowest BCUT2D eigenvalue weighted by atomic mass is 10.0. The van der Waals surface area contributed by atoms with Gasteiger partial charge in [0.1, 0.15) is 5.82 Å². The van der Waals surface area contributed by atoms with Crippen molar-refractivity contribution in [3.63, 3.8) is 0 Å². The number of hydrogen-bond acceptors (Lipinski definition) is 3. The number of carbonyl (C=O) groups is 1. The predicted molar refractivity (Wildman–Crippen MR) is 105 cm³/mol. The van der Waals surface area contributed by atoms with E-state index in [0.29, 0.717) is 35.0 Å². The zero-order valence-electron chi connectivity index (χ0n) is 14.8. The van der Waals surface area contributed by atoms with Gasteiger partial charge in [0.15, 0.2) is 6.10 Å². The molecule has 0 saturated carbocycles. The van der Waals surface area contributed by atoms with Gasteiger partial charge in [-0.15, -0.1) is 0 Å². The Morgan fingerprint density at radius 3 is 2.74 bits per heavy atom. The third kappa shape index (κ3) is 4.79. The highest BCUT2D eigenvalue weighted by molar-refractivity contribution is 6.42. The molecular formula is C20H19Cl2FN2O2. The van der Waals surface area contributed by atoms with Crippen molar-refractivity contribution in [3.8, 4) is 0 Å². The average Bonchev–Trinajstić information content (AvgIpc) is 3.13. The van der Waals surface area contributed by atoms with Crippen LogP contribution in [0.3, 0.4) is 0 Å². The molecule has 0 spiro atoms. The van der Waals surface area contributed by atoms with Crippen LogP contribution >= 0.6 is 23.2 Å².